The Morgan fingerprint density at radius 2 is 1.70 bits per heavy atom. The van der Waals surface area contributed by atoms with E-state index in [1.807, 2.05) is 30.3 Å². The van der Waals surface area contributed by atoms with Crippen LogP contribution >= 0.6 is 0 Å². The van der Waals surface area contributed by atoms with Gasteiger partial charge in [0, 0.05) is 19.2 Å². The van der Waals surface area contributed by atoms with Crippen LogP contribution < -0.4 is 10.1 Å². The summed E-state index contributed by atoms with van der Waals surface area (Å²) in [5.41, 5.74) is 1.37. The lowest BCUT2D eigenvalue weighted by Crippen LogP contribution is -2.48. The Morgan fingerprint density at radius 1 is 1.07 bits per heavy atom. The zero-order valence-electron chi connectivity index (χ0n) is 17.6. The number of likely N-dealkylation sites (tertiary alicyclic amines) is 1. The van der Waals surface area contributed by atoms with E-state index in [0.717, 1.165) is 31.5 Å². The summed E-state index contributed by atoms with van der Waals surface area (Å²) in [5, 5.41) is 13.1. The van der Waals surface area contributed by atoms with Gasteiger partial charge in [-0.15, -0.1) is 0 Å². The van der Waals surface area contributed by atoms with Gasteiger partial charge in [0.25, 0.3) is 0 Å². The van der Waals surface area contributed by atoms with E-state index in [1.165, 1.54) is 6.92 Å². The smallest absolute Gasteiger partial charge is 0.221 e. The monoisotopic (exact) mass is 410 g/mol. The first-order chi connectivity index (χ1) is 14.4. The first kappa shape index (κ1) is 22.0. The third-order valence-electron chi connectivity index (χ3n) is 5.80. The van der Waals surface area contributed by atoms with Crippen LogP contribution in [-0.2, 0) is 15.0 Å². The van der Waals surface area contributed by atoms with Crippen molar-refractivity contribution in [2.75, 3.05) is 31.6 Å². The number of benzene rings is 2. The molecule has 0 spiro atoms. The molecule has 6 heteroatoms. The molecule has 3 rings (SSSR count). The average Bonchev–Trinajstić information content (AvgIpc) is 2.74. The van der Waals surface area contributed by atoms with Crippen LogP contribution in [0, 0.1) is 0 Å². The van der Waals surface area contributed by atoms with Crippen molar-refractivity contribution in [2.24, 2.45) is 0 Å². The van der Waals surface area contributed by atoms with Gasteiger partial charge in [-0.25, -0.2) is 0 Å². The molecule has 1 amide bonds. The number of ketones is 1. The summed E-state index contributed by atoms with van der Waals surface area (Å²) in [6.45, 7) is 5.36. The molecule has 1 aliphatic heterocycles. The van der Waals surface area contributed by atoms with Gasteiger partial charge in [-0.3, -0.25) is 9.59 Å². The number of β-amino-alcohol motifs (C(OH)–C–C–N with tert-alkyl or cyclic N) is 1. The van der Waals surface area contributed by atoms with E-state index in [1.54, 1.807) is 31.2 Å². The van der Waals surface area contributed by atoms with Gasteiger partial charge in [0.05, 0.1) is 5.41 Å². The van der Waals surface area contributed by atoms with Gasteiger partial charge in [0.1, 0.15) is 24.2 Å². The molecule has 1 atom stereocenters. The zero-order chi connectivity index (χ0) is 21.6. The van der Waals surface area contributed by atoms with Crippen LogP contribution in [-0.4, -0.2) is 54.0 Å². The van der Waals surface area contributed by atoms with Crippen LogP contribution in [0.15, 0.2) is 54.6 Å². The summed E-state index contributed by atoms with van der Waals surface area (Å²) in [7, 11) is 0. The third-order valence-corrected chi connectivity index (χ3v) is 5.80. The minimum Gasteiger partial charge on any atom is -0.491 e. The fraction of sp³-hybridized carbons (Fsp3) is 0.417. The summed E-state index contributed by atoms with van der Waals surface area (Å²) in [6.07, 6.45) is 0.885. The SMILES string of the molecule is CC(=O)Nc1ccc(OCC(O)CN2CCC(C(C)=O)(c3ccccc3)CC2)cc1. The highest BCUT2D eigenvalue weighted by molar-refractivity contribution is 5.89. The summed E-state index contributed by atoms with van der Waals surface area (Å²) >= 11 is 0. The number of aliphatic hydroxyl groups excluding tert-OH is 1. The number of piperidine rings is 1. The van der Waals surface area contributed by atoms with E-state index < -0.39 is 11.5 Å². The van der Waals surface area contributed by atoms with Crippen molar-refractivity contribution in [3.63, 3.8) is 0 Å². The molecule has 0 aromatic heterocycles. The average molecular weight is 411 g/mol. The number of carbonyl (C=O) groups is 2. The van der Waals surface area contributed by atoms with Crippen LogP contribution in [0.5, 0.6) is 5.75 Å². The number of rotatable bonds is 8. The molecule has 1 saturated heterocycles. The van der Waals surface area contributed by atoms with Crippen LogP contribution in [0.3, 0.4) is 0 Å². The van der Waals surface area contributed by atoms with E-state index >= 15 is 0 Å². The highest BCUT2D eigenvalue weighted by Crippen LogP contribution is 2.36. The minimum atomic E-state index is -0.624. The van der Waals surface area contributed by atoms with Crippen molar-refractivity contribution < 1.29 is 19.4 Å². The van der Waals surface area contributed by atoms with E-state index in [-0.39, 0.29) is 18.3 Å². The number of amides is 1. The molecule has 6 nitrogen and oxygen atoms in total. The van der Waals surface area contributed by atoms with Gasteiger partial charge in [0.15, 0.2) is 0 Å². The topological polar surface area (TPSA) is 78.9 Å². The van der Waals surface area contributed by atoms with Crippen LogP contribution in [0.1, 0.15) is 32.3 Å². The van der Waals surface area contributed by atoms with Crippen LogP contribution in [0.4, 0.5) is 5.69 Å². The summed E-state index contributed by atoms with van der Waals surface area (Å²) < 4.78 is 5.67. The summed E-state index contributed by atoms with van der Waals surface area (Å²) in [4.78, 5) is 25.7. The zero-order valence-corrected chi connectivity index (χ0v) is 17.6. The molecule has 0 saturated carbocycles. The number of carbonyl (C=O) groups excluding carboxylic acids is 2. The van der Waals surface area contributed by atoms with Crippen molar-refractivity contribution in [2.45, 2.75) is 38.2 Å². The second kappa shape index (κ2) is 9.87. The lowest BCUT2D eigenvalue weighted by molar-refractivity contribution is -0.124. The Balaban J connectivity index is 1.48. The normalized spacial score (nSPS) is 17.2. The van der Waals surface area contributed by atoms with Crippen molar-refractivity contribution >= 4 is 17.4 Å². The second-order valence-corrected chi connectivity index (χ2v) is 7.98. The third kappa shape index (κ3) is 5.46. The summed E-state index contributed by atoms with van der Waals surface area (Å²) in [6, 6.07) is 17.1. The number of hydrogen-bond donors (Lipinski definition) is 2. The molecule has 2 N–H and O–H groups in total. The fourth-order valence-electron chi connectivity index (χ4n) is 4.10. The number of ether oxygens (including phenoxy) is 1. The lowest BCUT2D eigenvalue weighted by atomic mass is 9.70. The quantitative estimate of drug-likeness (QED) is 0.699. The van der Waals surface area contributed by atoms with Crippen LogP contribution in [0.2, 0.25) is 0 Å². The number of anilines is 1. The molecule has 1 fully saturated rings. The largest absolute Gasteiger partial charge is 0.491 e. The Hall–Kier alpha value is -2.70. The fourth-order valence-corrected chi connectivity index (χ4v) is 4.10. The van der Waals surface area contributed by atoms with Crippen molar-refractivity contribution in [3.05, 3.63) is 60.2 Å². The number of aliphatic hydroxyl groups is 1. The van der Waals surface area contributed by atoms with E-state index in [0.29, 0.717) is 18.0 Å². The van der Waals surface area contributed by atoms with Gasteiger partial charge in [-0.1, -0.05) is 30.3 Å². The standard InChI is InChI=1S/C24H30N2O4/c1-18(27)24(20-6-4-3-5-7-20)12-14-26(15-13-24)16-22(29)17-30-23-10-8-21(9-11-23)25-19(2)28/h3-11,22,29H,12-17H2,1-2H3,(H,25,28). The minimum absolute atomic E-state index is 0.123. The number of nitrogens with zero attached hydrogens (tertiary/aromatic N) is 1. The molecule has 160 valence electrons. The first-order valence-electron chi connectivity index (χ1n) is 10.4. The molecule has 0 radical (unpaired) electrons. The Labute approximate surface area is 177 Å². The summed E-state index contributed by atoms with van der Waals surface area (Å²) in [5.74, 6) is 0.725. The van der Waals surface area contributed by atoms with Crippen molar-refractivity contribution in [1.82, 2.24) is 4.90 Å². The molecular weight excluding hydrogens is 380 g/mol. The maximum Gasteiger partial charge on any atom is 0.221 e. The predicted octanol–water partition coefficient (Wildman–Crippen LogP) is 3.01. The first-order valence-corrected chi connectivity index (χ1v) is 10.4. The maximum atomic E-state index is 12.5. The van der Waals surface area contributed by atoms with Crippen molar-refractivity contribution in [1.29, 1.82) is 0 Å². The molecule has 0 aliphatic carbocycles. The molecule has 1 heterocycles. The van der Waals surface area contributed by atoms with Gasteiger partial charge < -0.3 is 20.1 Å². The van der Waals surface area contributed by atoms with Crippen molar-refractivity contribution in [3.8, 4) is 5.75 Å². The second-order valence-electron chi connectivity index (χ2n) is 7.98. The van der Waals surface area contributed by atoms with Crippen LogP contribution in [0.25, 0.3) is 0 Å². The Kier molecular flexibility index (Phi) is 7.24. The molecule has 0 bridgehead atoms. The molecular formula is C24H30N2O4. The van der Waals surface area contributed by atoms with Gasteiger partial charge in [-0.05, 0) is 62.7 Å². The molecule has 2 aromatic rings. The predicted molar refractivity (Wildman–Crippen MR) is 117 cm³/mol. The van der Waals surface area contributed by atoms with E-state index in [9.17, 15) is 14.7 Å². The van der Waals surface area contributed by atoms with E-state index in [2.05, 4.69) is 10.2 Å². The Bertz CT molecular complexity index is 843. The van der Waals surface area contributed by atoms with Gasteiger partial charge in [0.2, 0.25) is 5.91 Å². The Morgan fingerprint density at radius 3 is 2.27 bits per heavy atom. The van der Waals surface area contributed by atoms with E-state index in [4.69, 9.17) is 4.74 Å². The maximum absolute atomic E-state index is 12.5. The highest BCUT2D eigenvalue weighted by atomic mass is 16.5. The van der Waals surface area contributed by atoms with Gasteiger partial charge >= 0.3 is 0 Å². The number of Topliss-reactive ketones (excluding diaryl/α,β-unsaturated/α-hetero) is 1. The number of hydrogen-bond acceptors (Lipinski definition) is 5. The molecule has 2 aromatic carbocycles. The lowest BCUT2D eigenvalue weighted by Gasteiger charge is -2.41. The highest BCUT2D eigenvalue weighted by Gasteiger charge is 2.40. The number of nitrogens with one attached hydrogen (secondary N) is 1. The molecule has 30 heavy (non-hydrogen) atoms. The molecule has 1 unspecified atom stereocenters. The molecule has 1 aliphatic rings. The van der Waals surface area contributed by atoms with Gasteiger partial charge in [-0.2, -0.15) is 0 Å².